The van der Waals surface area contributed by atoms with E-state index in [2.05, 4.69) is 34.7 Å². The lowest BCUT2D eigenvalue weighted by atomic mass is 10.1. The number of nitrogens with one attached hydrogen (secondary N) is 1. The third-order valence-electron chi connectivity index (χ3n) is 4.46. The average molecular weight is 364 g/mol. The topological polar surface area (TPSA) is 69.0 Å². The Balaban J connectivity index is 1.79. The number of methoxy groups -OCH3 is 1. The largest absolute Gasteiger partial charge is 0.495 e. The van der Waals surface area contributed by atoms with E-state index in [1.54, 1.807) is 23.9 Å². The molecule has 0 aliphatic rings. The van der Waals surface area contributed by atoms with Crippen molar-refractivity contribution >= 4 is 11.6 Å². The number of carbonyl (C=O) groups is 1. The van der Waals surface area contributed by atoms with Crippen LogP contribution in [0.25, 0.3) is 5.69 Å². The monoisotopic (exact) mass is 364 g/mol. The van der Waals surface area contributed by atoms with E-state index in [-0.39, 0.29) is 11.6 Å². The van der Waals surface area contributed by atoms with Gasteiger partial charge in [0.05, 0.1) is 24.2 Å². The number of rotatable bonds is 7. The zero-order chi connectivity index (χ0) is 19.2. The van der Waals surface area contributed by atoms with Gasteiger partial charge < -0.3 is 10.1 Å². The second kappa shape index (κ2) is 8.49. The Kier molecular flexibility index (Phi) is 5.86. The molecule has 1 N–H and O–H groups in total. The van der Waals surface area contributed by atoms with Crippen LogP contribution in [-0.4, -0.2) is 28.0 Å². The van der Waals surface area contributed by atoms with Gasteiger partial charge >= 0.3 is 0 Å². The molecule has 1 amide bonds. The van der Waals surface area contributed by atoms with Gasteiger partial charge in [0.1, 0.15) is 5.75 Å². The second-order valence-electron chi connectivity index (χ2n) is 6.36. The number of para-hydroxylation sites is 2. The molecule has 27 heavy (non-hydrogen) atoms. The van der Waals surface area contributed by atoms with Crippen LogP contribution in [0.15, 0.2) is 48.5 Å². The zero-order valence-electron chi connectivity index (χ0n) is 15.9. The van der Waals surface area contributed by atoms with Gasteiger partial charge in [0.2, 0.25) is 0 Å². The summed E-state index contributed by atoms with van der Waals surface area (Å²) in [5.74, 6) is 0.279. The zero-order valence-corrected chi connectivity index (χ0v) is 15.9. The third kappa shape index (κ3) is 4.16. The first-order valence-electron chi connectivity index (χ1n) is 9.10. The van der Waals surface area contributed by atoms with Crippen molar-refractivity contribution < 1.29 is 9.53 Å². The van der Waals surface area contributed by atoms with Crippen LogP contribution in [0.2, 0.25) is 0 Å². The van der Waals surface area contributed by atoms with Gasteiger partial charge in [-0.25, -0.2) is 4.68 Å². The number of hydrogen-bond acceptors (Lipinski definition) is 4. The predicted molar refractivity (Wildman–Crippen MR) is 106 cm³/mol. The summed E-state index contributed by atoms with van der Waals surface area (Å²) in [4.78, 5) is 12.6. The fourth-order valence-electron chi connectivity index (χ4n) is 2.90. The maximum Gasteiger partial charge on any atom is 0.278 e. The molecule has 0 radical (unpaired) electrons. The molecule has 0 aliphatic carbocycles. The lowest BCUT2D eigenvalue weighted by Gasteiger charge is -2.09. The van der Waals surface area contributed by atoms with Gasteiger partial charge in [0.15, 0.2) is 5.69 Å². The van der Waals surface area contributed by atoms with E-state index in [4.69, 9.17) is 4.74 Å². The number of unbranched alkanes of at least 4 members (excludes halogenated alkanes) is 1. The van der Waals surface area contributed by atoms with Crippen molar-refractivity contribution in [3.63, 3.8) is 0 Å². The van der Waals surface area contributed by atoms with Crippen LogP contribution in [-0.2, 0) is 6.42 Å². The number of amides is 1. The molecular weight excluding hydrogens is 340 g/mol. The quantitative estimate of drug-likeness (QED) is 0.683. The summed E-state index contributed by atoms with van der Waals surface area (Å²) < 4.78 is 6.95. The highest BCUT2D eigenvalue weighted by atomic mass is 16.5. The minimum Gasteiger partial charge on any atom is -0.495 e. The van der Waals surface area contributed by atoms with Crippen molar-refractivity contribution in [1.29, 1.82) is 0 Å². The SMILES string of the molecule is CCCCc1ccc(-n2nnc(C(=O)Nc3ccccc3OC)c2C)cc1. The predicted octanol–water partition coefficient (Wildman–Crippen LogP) is 4.18. The summed E-state index contributed by atoms with van der Waals surface area (Å²) >= 11 is 0. The molecule has 140 valence electrons. The van der Waals surface area contributed by atoms with E-state index >= 15 is 0 Å². The lowest BCUT2D eigenvalue weighted by molar-refractivity contribution is 0.102. The lowest BCUT2D eigenvalue weighted by Crippen LogP contribution is -2.14. The molecule has 0 saturated carbocycles. The fourth-order valence-corrected chi connectivity index (χ4v) is 2.90. The number of nitrogens with zero attached hydrogens (tertiary/aromatic N) is 3. The summed E-state index contributed by atoms with van der Waals surface area (Å²) in [5.41, 5.74) is 3.75. The molecule has 0 unspecified atom stereocenters. The minimum atomic E-state index is -0.317. The van der Waals surface area contributed by atoms with Crippen LogP contribution in [0.1, 0.15) is 41.5 Å². The Morgan fingerprint density at radius 3 is 2.59 bits per heavy atom. The molecule has 3 rings (SSSR count). The minimum absolute atomic E-state index is 0.288. The van der Waals surface area contributed by atoms with E-state index in [1.807, 2.05) is 31.2 Å². The first-order valence-corrected chi connectivity index (χ1v) is 9.10. The Hall–Kier alpha value is -3.15. The number of hydrogen-bond donors (Lipinski definition) is 1. The van der Waals surface area contributed by atoms with E-state index in [1.165, 1.54) is 18.4 Å². The van der Waals surface area contributed by atoms with Gasteiger partial charge in [0.25, 0.3) is 5.91 Å². The number of ether oxygens (including phenoxy) is 1. The molecule has 6 heteroatoms. The van der Waals surface area contributed by atoms with Crippen LogP contribution >= 0.6 is 0 Å². The Bertz CT molecular complexity index is 916. The van der Waals surface area contributed by atoms with Gasteiger partial charge in [0, 0.05) is 0 Å². The van der Waals surface area contributed by atoms with Crippen molar-refractivity contribution in [3.05, 3.63) is 65.5 Å². The van der Waals surface area contributed by atoms with Crippen molar-refractivity contribution in [2.75, 3.05) is 12.4 Å². The summed E-state index contributed by atoms with van der Waals surface area (Å²) in [6.07, 6.45) is 3.42. The molecule has 1 heterocycles. The van der Waals surface area contributed by atoms with Crippen molar-refractivity contribution in [2.45, 2.75) is 33.1 Å². The number of anilines is 1. The Morgan fingerprint density at radius 1 is 1.15 bits per heavy atom. The van der Waals surface area contributed by atoms with E-state index in [0.717, 1.165) is 12.1 Å². The summed E-state index contributed by atoms with van der Waals surface area (Å²) in [7, 11) is 1.57. The molecular formula is C21H24N4O2. The molecule has 0 spiro atoms. The summed E-state index contributed by atoms with van der Waals surface area (Å²) in [6.45, 7) is 4.02. The second-order valence-corrected chi connectivity index (χ2v) is 6.36. The highest BCUT2D eigenvalue weighted by molar-refractivity contribution is 6.04. The molecule has 0 aliphatic heterocycles. The standard InChI is InChI=1S/C21H24N4O2/c1-4-5-8-16-11-13-17(14-12-16)25-15(2)20(23-24-25)21(26)22-18-9-6-7-10-19(18)27-3/h6-7,9-14H,4-5,8H2,1-3H3,(H,22,26). The van der Waals surface area contributed by atoms with Crippen LogP contribution in [0.3, 0.4) is 0 Å². The molecule has 0 fully saturated rings. The van der Waals surface area contributed by atoms with Gasteiger partial charge in [-0.15, -0.1) is 5.10 Å². The maximum atomic E-state index is 12.6. The Morgan fingerprint density at radius 2 is 1.89 bits per heavy atom. The Labute approximate surface area is 159 Å². The molecule has 0 atom stereocenters. The smallest absolute Gasteiger partial charge is 0.278 e. The maximum absolute atomic E-state index is 12.6. The van der Waals surface area contributed by atoms with Crippen molar-refractivity contribution in [1.82, 2.24) is 15.0 Å². The van der Waals surface area contributed by atoms with Gasteiger partial charge in [-0.3, -0.25) is 4.79 Å². The first kappa shape index (κ1) is 18.6. The van der Waals surface area contributed by atoms with Crippen molar-refractivity contribution in [2.24, 2.45) is 0 Å². The first-order chi connectivity index (χ1) is 13.1. The van der Waals surface area contributed by atoms with Gasteiger partial charge in [-0.1, -0.05) is 42.8 Å². The fraction of sp³-hybridized carbons (Fsp3) is 0.286. The summed E-state index contributed by atoms with van der Waals surface area (Å²) in [6, 6.07) is 15.5. The number of aromatic nitrogens is 3. The number of carbonyl (C=O) groups excluding carboxylic acids is 1. The van der Waals surface area contributed by atoms with Gasteiger partial charge in [-0.05, 0) is 49.6 Å². The molecule has 3 aromatic rings. The van der Waals surface area contributed by atoms with E-state index < -0.39 is 0 Å². The van der Waals surface area contributed by atoms with E-state index in [0.29, 0.717) is 17.1 Å². The number of benzene rings is 2. The highest BCUT2D eigenvalue weighted by Crippen LogP contribution is 2.24. The van der Waals surface area contributed by atoms with Crippen LogP contribution in [0.4, 0.5) is 5.69 Å². The average Bonchev–Trinajstić information content (AvgIpc) is 3.08. The van der Waals surface area contributed by atoms with Crippen LogP contribution in [0.5, 0.6) is 5.75 Å². The van der Waals surface area contributed by atoms with Crippen LogP contribution < -0.4 is 10.1 Å². The van der Waals surface area contributed by atoms with Gasteiger partial charge in [-0.2, -0.15) is 0 Å². The van der Waals surface area contributed by atoms with Crippen LogP contribution in [0, 0.1) is 6.92 Å². The third-order valence-corrected chi connectivity index (χ3v) is 4.46. The summed E-state index contributed by atoms with van der Waals surface area (Å²) in [5, 5.41) is 11.1. The molecule has 0 bridgehead atoms. The molecule has 1 aromatic heterocycles. The van der Waals surface area contributed by atoms with E-state index in [9.17, 15) is 4.79 Å². The normalized spacial score (nSPS) is 10.6. The molecule has 6 nitrogen and oxygen atoms in total. The molecule has 2 aromatic carbocycles. The number of aryl methyl sites for hydroxylation is 1. The van der Waals surface area contributed by atoms with Crippen molar-refractivity contribution in [3.8, 4) is 11.4 Å². The highest BCUT2D eigenvalue weighted by Gasteiger charge is 2.18. The molecule has 0 saturated heterocycles.